The number of halogens is 1. The second kappa shape index (κ2) is 5.38. The van der Waals surface area contributed by atoms with Crippen LogP contribution in [0, 0.1) is 5.92 Å². The van der Waals surface area contributed by atoms with Gasteiger partial charge in [-0.15, -0.1) is 0 Å². The molecule has 0 atom stereocenters. The Morgan fingerprint density at radius 1 is 1.29 bits per heavy atom. The van der Waals surface area contributed by atoms with Gasteiger partial charge in [0.2, 0.25) is 0 Å². The van der Waals surface area contributed by atoms with E-state index in [0.717, 1.165) is 18.0 Å². The summed E-state index contributed by atoms with van der Waals surface area (Å²) in [5.74, 6) is 0.687. The molecule has 1 nitrogen and oxygen atoms in total. The number of benzene rings is 1. The van der Waals surface area contributed by atoms with Crippen molar-refractivity contribution >= 4 is 11.6 Å². The lowest BCUT2D eigenvalue weighted by atomic mass is 9.98. The first kappa shape index (κ1) is 11.5. The maximum atomic E-state index is 5.96. The van der Waals surface area contributed by atoms with E-state index in [-0.39, 0.29) is 0 Å². The average Bonchev–Trinajstić information content (AvgIpc) is 2.09. The maximum absolute atomic E-state index is 5.96. The second-order valence-corrected chi connectivity index (χ2v) is 4.48. The predicted molar refractivity (Wildman–Crippen MR) is 62.8 cm³/mol. The van der Waals surface area contributed by atoms with Gasteiger partial charge >= 0.3 is 0 Å². The topological polar surface area (TPSA) is 12.0 Å². The van der Waals surface area contributed by atoms with E-state index in [4.69, 9.17) is 11.6 Å². The molecule has 0 aromatic heterocycles. The van der Waals surface area contributed by atoms with Gasteiger partial charge in [-0.25, -0.2) is 0 Å². The summed E-state index contributed by atoms with van der Waals surface area (Å²) in [6, 6.07) is 6.16. The van der Waals surface area contributed by atoms with Crippen molar-refractivity contribution in [2.45, 2.75) is 26.8 Å². The molecule has 1 rings (SSSR count). The number of hydrogen-bond acceptors (Lipinski definition) is 1. The van der Waals surface area contributed by atoms with Crippen LogP contribution in [0.25, 0.3) is 0 Å². The number of nitrogens with one attached hydrogen (secondary N) is 1. The van der Waals surface area contributed by atoms with E-state index < -0.39 is 0 Å². The molecule has 2 heteroatoms. The highest BCUT2D eigenvalue weighted by molar-refractivity contribution is 6.30. The van der Waals surface area contributed by atoms with Crippen molar-refractivity contribution < 1.29 is 0 Å². The lowest BCUT2D eigenvalue weighted by Crippen LogP contribution is -2.09. The fraction of sp³-hybridized carbons (Fsp3) is 0.500. The summed E-state index contributed by atoms with van der Waals surface area (Å²) in [7, 11) is 1.96. The van der Waals surface area contributed by atoms with Gasteiger partial charge in [0, 0.05) is 11.6 Å². The number of rotatable bonds is 4. The van der Waals surface area contributed by atoms with E-state index in [1.165, 1.54) is 11.1 Å². The first-order chi connectivity index (χ1) is 6.63. The molecule has 0 amide bonds. The summed E-state index contributed by atoms with van der Waals surface area (Å²) in [5, 5.41) is 3.99. The highest BCUT2D eigenvalue weighted by Gasteiger charge is 2.04. The van der Waals surface area contributed by atoms with Gasteiger partial charge in [0.1, 0.15) is 0 Å². The van der Waals surface area contributed by atoms with Gasteiger partial charge in [-0.1, -0.05) is 31.5 Å². The van der Waals surface area contributed by atoms with Crippen LogP contribution < -0.4 is 5.32 Å². The summed E-state index contributed by atoms with van der Waals surface area (Å²) in [6.45, 7) is 5.36. The maximum Gasteiger partial charge on any atom is 0.0409 e. The molecule has 14 heavy (non-hydrogen) atoms. The third-order valence-electron chi connectivity index (χ3n) is 2.16. The Kier molecular flexibility index (Phi) is 4.43. The zero-order valence-corrected chi connectivity index (χ0v) is 9.86. The Labute approximate surface area is 91.5 Å². The van der Waals surface area contributed by atoms with Gasteiger partial charge < -0.3 is 5.32 Å². The summed E-state index contributed by atoms with van der Waals surface area (Å²) >= 11 is 5.96. The van der Waals surface area contributed by atoms with Crippen molar-refractivity contribution in [1.29, 1.82) is 0 Å². The van der Waals surface area contributed by atoms with Crippen LogP contribution in [0.5, 0.6) is 0 Å². The molecular formula is C12H18ClN. The molecule has 0 bridgehead atoms. The van der Waals surface area contributed by atoms with E-state index in [9.17, 15) is 0 Å². The van der Waals surface area contributed by atoms with Gasteiger partial charge in [0.05, 0.1) is 0 Å². The van der Waals surface area contributed by atoms with Crippen LogP contribution in [0.3, 0.4) is 0 Å². The van der Waals surface area contributed by atoms with Crippen LogP contribution in [0.4, 0.5) is 0 Å². The molecule has 78 valence electrons. The SMILES string of the molecule is CNCc1cc(Cl)ccc1CC(C)C. The van der Waals surface area contributed by atoms with Crippen molar-refractivity contribution in [2.75, 3.05) is 7.05 Å². The molecule has 0 saturated carbocycles. The minimum Gasteiger partial charge on any atom is -0.316 e. The average molecular weight is 212 g/mol. The monoisotopic (exact) mass is 211 g/mol. The van der Waals surface area contributed by atoms with E-state index in [0.29, 0.717) is 5.92 Å². The van der Waals surface area contributed by atoms with Crippen LogP contribution in [-0.4, -0.2) is 7.05 Å². The largest absolute Gasteiger partial charge is 0.316 e. The van der Waals surface area contributed by atoms with Crippen molar-refractivity contribution in [3.63, 3.8) is 0 Å². The van der Waals surface area contributed by atoms with Crippen LogP contribution in [0.1, 0.15) is 25.0 Å². The molecule has 0 aliphatic carbocycles. The Bertz CT molecular complexity index is 294. The fourth-order valence-corrected chi connectivity index (χ4v) is 1.78. The number of hydrogen-bond donors (Lipinski definition) is 1. The third kappa shape index (κ3) is 3.32. The van der Waals surface area contributed by atoms with Gasteiger partial charge in [-0.3, -0.25) is 0 Å². The lowest BCUT2D eigenvalue weighted by Gasteiger charge is -2.11. The first-order valence-corrected chi connectivity index (χ1v) is 5.43. The molecule has 0 heterocycles. The first-order valence-electron chi connectivity index (χ1n) is 5.05. The highest BCUT2D eigenvalue weighted by atomic mass is 35.5. The van der Waals surface area contributed by atoms with Gasteiger partial charge in [-0.2, -0.15) is 0 Å². The zero-order chi connectivity index (χ0) is 10.6. The van der Waals surface area contributed by atoms with Crippen molar-refractivity contribution in [2.24, 2.45) is 5.92 Å². The summed E-state index contributed by atoms with van der Waals surface area (Å²) in [5.41, 5.74) is 2.72. The van der Waals surface area contributed by atoms with Crippen molar-refractivity contribution in [3.8, 4) is 0 Å². The summed E-state index contributed by atoms with van der Waals surface area (Å²) in [6.07, 6.45) is 1.12. The molecule has 0 aliphatic rings. The van der Waals surface area contributed by atoms with E-state index in [1.54, 1.807) is 0 Å². The standard InChI is InChI=1S/C12H18ClN/c1-9(2)6-10-4-5-12(13)7-11(10)8-14-3/h4-5,7,9,14H,6,8H2,1-3H3. The smallest absolute Gasteiger partial charge is 0.0409 e. The molecular weight excluding hydrogens is 194 g/mol. The van der Waals surface area contributed by atoms with Gasteiger partial charge in [0.15, 0.2) is 0 Å². The van der Waals surface area contributed by atoms with E-state index in [1.807, 2.05) is 13.1 Å². The molecule has 0 unspecified atom stereocenters. The van der Waals surface area contributed by atoms with Gasteiger partial charge in [-0.05, 0) is 42.6 Å². The van der Waals surface area contributed by atoms with Crippen LogP contribution in [0.15, 0.2) is 18.2 Å². The Morgan fingerprint density at radius 2 is 2.00 bits per heavy atom. The molecule has 0 fully saturated rings. The molecule has 1 aromatic rings. The molecule has 1 N–H and O–H groups in total. The predicted octanol–water partition coefficient (Wildman–Crippen LogP) is 3.26. The quantitative estimate of drug-likeness (QED) is 0.806. The molecule has 0 saturated heterocycles. The minimum absolute atomic E-state index is 0.687. The van der Waals surface area contributed by atoms with Gasteiger partial charge in [0.25, 0.3) is 0 Å². The molecule has 0 aliphatic heterocycles. The van der Waals surface area contributed by atoms with E-state index in [2.05, 4.69) is 31.3 Å². The highest BCUT2D eigenvalue weighted by Crippen LogP contribution is 2.18. The van der Waals surface area contributed by atoms with Crippen molar-refractivity contribution in [1.82, 2.24) is 5.32 Å². The third-order valence-corrected chi connectivity index (χ3v) is 2.40. The Morgan fingerprint density at radius 3 is 2.57 bits per heavy atom. The molecule has 1 aromatic carbocycles. The van der Waals surface area contributed by atoms with Crippen LogP contribution >= 0.6 is 11.6 Å². The Balaban J connectivity index is 2.89. The summed E-state index contributed by atoms with van der Waals surface area (Å²) in [4.78, 5) is 0. The summed E-state index contributed by atoms with van der Waals surface area (Å²) < 4.78 is 0. The molecule has 0 radical (unpaired) electrons. The van der Waals surface area contributed by atoms with E-state index >= 15 is 0 Å². The molecule has 0 spiro atoms. The lowest BCUT2D eigenvalue weighted by molar-refractivity contribution is 0.639. The van der Waals surface area contributed by atoms with Crippen molar-refractivity contribution in [3.05, 3.63) is 34.3 Å². The zero-order valence-electron chi connectivity index (χ0n) is 9.10. The fourth-order valence-electron chi connectivity index (χ4n) is 1.59. The normalized spacial score (nSPS) is 10.9. The van der Waals surface area contributed by atoms with Crippen LogP contribution in [0.2, 0.25) is 5.02 Å². The second-order valence-electron chi connectivity index (χ2n) is 4.04. The van der Waals surface area contributed by atoms with Crippen LogP contribution in [-0.2, 0) is 13.0 Å². The minimum atomic E-state index is 0.687. The Hall–Kier alpha value is -0.530.